The summed E-state index contributed by atoms with van der Waals surface area (Å²) in [6, 6.07) is 15.8. The predicted molar refractivity (Wildman–Crippen MR) is 138 cm³/mol. The first-order valence-electron chi connectivity index (χ1n) is 12.6. The van der Waals surface area contributed by atoms with Crippen LogP contribution in [0.5, 0.6) is 0 Å². The molecule has 1 aliphatic heterocycles. The van der Waals surface area contributed by atoms with Crippen molar-refractivity contribution in [2.75, 3.05) is 26.2 Å². The maximum Gasteiger partial charge on any atom is 0.329 e. The standard InChI is InChI=1S/C27H32N6O3/c1-4-32-22-7-5-6-8-23(22)33(27(32)35)14-13-24(34)31-17-15-30(16-18-31)20(3)26-28-25(29-36-26)21-11-9-19(2)10-12-21/h5-12,20H,4,13-18H2,1-3H3. The van der Waals surface area contributed by atoms with Crippen LogP contribution in [0.2, 0.25) is 0 Å². The molecule has 1 saturated heterocycles. The fraction of sp³-hybridized carbons (Fsp3) is 0.407. The normalized spacial score (nSPS) is 15.5. The van der Waals surface area contributed by atoms with E-state index in [0.717, 1.165) is 29.7 Å². The molecule has 9 heteroatoms. The zero-order chi connectivity index (χ0) is 25.2. The highest BCUT2D eigenvalue weighted by Gasteiger charge is 2.28. The Morgan fingerprint density at radius 1 is 1.00 bits per heavy atom. The van der Waals surface area contributed by atoms with Gasteiger partial charge in [0.1, 0.15) is 0 Å². The van der Waals surface area contributed by atoms with Gasteiger partial charge in [0.2, 0.25) is 17.6 Å². The number of imidazole rings is 1. The summed E-state index contributed by atoms with van der Waals surface area (Å²) < 4.78 is 9.04. The number of amides is 1. The van der Waals surface area contributed by atoms with Gasteiger partial charge in [-0.2, -0.15) is 4.98 Å². The number of aromatic nitrogens is 4. The summed E-state index contributed by atoms with van der Waals surface area (Å²) in [6.45, 7) is 9.76. The zero-order valence-corrected chi connectivity index (χ0v) is 21.1. The summed E-state index contributed by atoms with van der Waals surface area (Å²) in [7, 11) is 0. The molecule has 0 spiro atoms. The van der Waals surface area contributed by atoms with Crippen LogP contribution in [0, 0.1) is 6.92 Å². The highest BCUT2D eigenvalue weighted by atomic mass is 16.5. The molecule has 36 heavy (non-hydrogen) atoms. The van der Waals surface area contributed by atoms with Crippen LogP contribution < -0.4 is 5.69 Å². The van der Waals surface area contributed by atoms with Gasteiger partial charge < -0.3 is 9.42 Å². The molecule has 0 N–H and O–H groups in total. The number of carbonyl (C=O) groups is 1. The van der Waals surface area contributed by atoms with Crippen LogP contribution in [0.3, 0.4) is 0 Å². The number of piperazine rings is 1. The number of para-hydroxylation sites is 2. The van der Waals surface area contributed by atoms with E-state index in [4.69, 9.17) is 4.52 Å². The summed E-state index contributed by atoms with van der Waals surface area (Å²) in [5.41, 5.74) is 3.84. The molecule has 1 fully saturated rings. The Bertz CT molecular complexity index is 1410. The molecule has 1 aliphatic rings. The fourth-order valence-electron chi connectivity index (χ4n) is 4.90. The minimum atomic E-state index is -0.0605. The van der Waals surface area contributed by atoms with E-state index in [-0.39, 0.29) is 17.6 Å². The number of nitrogens with zero attached hydrogens (tertiary/aromatic N) is 6. The van der Waals surface area contributed by atoms with Crippen LogP contribution in [0.4, 0.5) is 0 Å². The fourth-order valence-corrected chi connectivity index (χ4v) is 4.90. The molecular weight excluding hydrogens is 456 g/mol. The van der Waals surface area contributed by atoms with Crippen molar-refractivity contribution in [3.8, 4) is 11.4 Å². The molecule has 9 nitrogen and oxygen atoms in total. The number of fused-ring (bicyclic) bond motifs is 1. The molecule has 1 atom stereocenters. The minimum Gasteiger partial charge on any atom is -0.340 e. The van der Waals surface area contributed by atoms with E-state index in [1.54, 1.807) is 9.13 Å². The molecule has 5 rings (SSSR count). The number of carbonyl (C=O) groups excluding carboxylic acids is 1. The first-order chi connectivity index (χ1) is 17.5. The lowest BCUT2D eigenvalue weighted by Gasteiger charge is -2.36. The molecule has 0 aliphatic carbocycles. The van der Waals surface area contributed by atoms with E-state index < -0.39 is 0 Å². The molecule has 3 heterocycles. The number of aryl methyl sites for hydroxylation is 3. The number of hydrogen-bond donors (Lipinski definition) is 0. The lowest BCUT2D eigenvalue weighted by atomic mass is 10.1. The van der Waals surface area contributed by atoms with E-state index in [1.807, 2.05) is 67.3 Å². The van der Waals surface area contributed by atoms with E-state index in [2.05, 4.69) is 22.0 Å². The van der Waals surface area contributed by atoms with Crippen molar-refractivity contribution in [2.45, 2.75) is 46.3 Å². The van der Waals surface area contributed by atoms with Crippen molar-refractivity contribution in [3.63, 3.8) is 0 Å². The second-order valence-corrected chi connectivity index (χ2v) is 9.33. The van der Waals surface area contributed by atoms with Gasteiger partial charge in [0.05, 0.1) is 17.1 Å². The Morgan fingerprint density at radius 3 is 2.33 bits per heavy atom. The highest BCUT2D eigenvalue weighted by Crippen LogP contribution is 2.24. The molecule has 0 saturated carbocycles. The first-order valence-corrected chi connectivity index (χ1v) is 12.6. The van der Waals surface area contributed by atoms with Crippen LogP contribution >= 0.6 is 0 Å². The zero-order valence-electron chi connectivity index (χ0n) is 21.1. The van der Waals surface area contributed by atoms with Crippen LogP contribution in [-0.2, 0) is 17.9 Å². The van der Waals surface area contributed by atoms with E-state index in [9.17, 15) is 9.59 Å². The average molecular weight is 489 g/mol. The number of benzene rings is 2. The minimum absolute atomic E-state index is 0.0345. The van der Waals surface area contributed by atoms with Gasteiger partial charge >= 0.3 is 5.69 Å². The Balaban J connectivity index is 1.18. The van der Waals surface area contributed by atoms with Crippen molar-refractivity contribution in [1.29, 1.82) is 0 Å². The van der Waals surface area contributed by atoms with Gasteiger partial charge in [-0.25, -0.2) is 4.79 Å². The van der Waals surface area contributed by atoms with Gasteiger partial charge in [0.15, 0.2) is 0 Å². The summed E-state index contributed by atoms with van der Waals surface area (Å²) in [5.74, 6) is 1.24. The highest BCUT2D eigenvalue weighted by molar-refractivity contribution is 5.78. The van der Waals surface area contributed by atoms with Gasteiger partial charge in [-0.3, -0.25) is 18.8 Å². The summed E-state index contributed by atoms with van der Waals surface area (Å²) in [4.78, 5) is 34.6. The molecule has 1 amide bonds. The smallest absolute Gasteiger partial charge is 0.329 e. The van der Waals surface area contributed by atoms with Gasteiger partial charge in [0.25, 0.3) is 0 Å². The second kappa shape index (κ2) is 10.1. The van der Waals surface area contributed by atoms with Gasteiger partial charge in [-0.15, -0.1) is 0 Å². The van der Waals surface area contributed by atoms with Crippen molar-refractivity contribution in [1.82, 2.24) is 29.1 Å². The maximum absolute atomic E-state index is 13.0. The molecule has 188 valence electrons. The first kappa shape index (κ1) is 24.0. The summed E-state index contributed by atoms with van der Waals surface area (Å²) in [5, 5.41) is 4.16. The molecule has 4 aromatic rings. The summed E-state index contributed by atoms with van der Waals surface area (Å²) >= 11 is 0. The quantitative estimate of drug-likeness (QED) is 0.396. The van der Waals surface area contributed by atoms with Crippen LogP contribution in [0.25, 0.3) is 22.4 Å². The van der Waals surface area contributed by atoms with Gasteiger partial charge in [-0.1, -0.05) is 47.1 Å². The summed E-state index contributed by atoms with van der Waals surface area (Å²) in [6.07, 6.45) is 0.302. The topological polar surface area (TPSA) is 89.4 Å². The maximum atomic E-state index is 13.0. The molecule has 2 aromatic heterocycles. The lowest BCUT2D eigenvalue weighted by Crippen LogP contribution is -2.49. The third-order valence-corrected chi connectivity index (χ3v) is 7.11. The van der Waals surface area contributed by atoms with Crippen molar-refractivity contribution >= 4 is 16.9 Å². The van der Waals surface area contributed by atoms with E-state index in [1.165, 1.54) is 5.56 Å². The van der Waals surface area contributed by atoms with Crippen LogP contribution in [-0.4, -0.2) is 61.2 Å². The molecule has 0 radical (unpaired) electrons. The second-order valence-electron chi connectivity index (χ2n) is 9.33. The third-order valence-electron chi connectivity index (χ3n) is 7.11. The van der Waals surface area contributed by atoms with Gasteiger partial charge in [0, 0.05) is 51.3 Å². The molecular formula is C27H32N6O3. The molecule has 0 bridgehead atoms. The largest absolute Gasteiger partial charge is 0.340 e. The number of rotatable bonds is 7. The Labute approximate surface area is 209 Å². The van der Waals surface area contributed by atoms with Crippen molar-refractivity contribution in [2.24, 2.45) is 0 Å². The monoisotopic (exact) mass is 488 g/mol. The van der Waals surface area contributed by atoms with Crippen LogP contribution in [0.15, 0.2) is 57.8 Å². The van der Waals surface area contributed by atoms with Crippen molar-refractivity contribution in [3.05, 3.63) is 70.5 Å². The van der Waals surface area contributed by atoms with Gasteiger partial charge in [-0.05, 0) is 32.9 Å². The Morgan fingerprint density at radius 2 is 1.67 bits per heavy atom. The predicted octanol–water partition coefficient (Wildman–Crippen LogP) is 3.48. The van der Waals surface area contributed by atoms with Crippen LogP contribution in [0.1, 0.15) is 37.8 Å². The lowest BCUT2D eigenvalue weighted by molar-refractivity contribution is -0.133. The SMILES string of the molecule is CCn1c(=O)n(CCC(=O)N2CCN(C(C)c3nc(-c4ccc(C)cc4)no3)CC2)c2ccccc21. The average Bonchev–Trinajstić information content (AvgIpc) is 3.50. The molecule has 1 unspecified atom stereocenters. The third kappa shape index (κ3) is 4.58. The number of hydrogen-bond acceptors (Lipinski definition) is 6. The Hall–Kier alpha value is -3.72. The van der Waals surface area contributed by atoms with E-state index >= 15 is 0 Å². The van der Waals surface area contributed by atoms with Crippen molar-refractivity contribution < 1.29 is 9.32 Å². The Kier molecular flexibility index (Phi) is 6.73. The van der Waals surface area contributed by atoms with E-state index in [0.29, 0.717) is 44.3 Å². The molecule has 2 aromatic carbocycles.